The van der Waals surface area contributed by atoms with Gasteiger partial charge in [-0.1, -0.05) is 15.9 Å². The lowest BCUT2D eigenvalue weighted by molar-refractivity contribution is 0.102. The molecule has 3 aromatic rings. The standard InChI is InChI=1S/C19H16BrN3O2/c1-25-18-8-6-16(7-9-18)23-19(24)13-10-17(12-21-11-13)22-15-4-2-14(20)3-5-15/h2-12,22H,1H3,(H,23,24). The van der Waals surface area contributed by atoms with Gasteiger partial charge in [-0.2, -0.15) is 0 Å². The quantitative estimate of drug-likeness (QED) is 0.645. The van der Waals surface area contributed by atoms with Gasteiger partial charge in [0.15, 0.2) is 0 Å². The van der Waals surface area contributed by atoms with Crippen LogP contribution in [0.1, 0.15) is 10.4 Å². The second-order valence-corrected chi connectivity index (χ2v) is 6.19. The average molecular weight is 398 g/mol. The molecule has 0 fully saturated rings. The number of pyridine rings is 1. The van der Waals surface area contributed by atoms with Crippen LogP contribution in [0.5, 0.6) is 5.75 Å². The van der Waals surface area contributed by atoms with Gasteiger partial charge in [-0.25, -0.2) is 0 Å². The van der Waals surface area contributed by atoms with E-state index in [4.69, 9.17) is 4.74 Å². The summed E-state index contributed by atoms with van der Waals surface area (Å²) in [5.41, 5.74) is 2.82. The van der Waals surface area contributed by atoms with Crippen molar-refractivity contribution in [3.05, 3.63) is 77.0 Å². The number of benzene rings is 2. The molecule has 2 N–H and O–H groups in total. The van der Waals surface area contributed by atoms with Crippen molar-refractivity contribution in [3.63, 3.8) is 0 Å². The molecule has 6 heteroatoms. The molecule has 126 valence electrons. The van der Waals surface area contributed by atoms with Crippen LogP contribution in [-0.2, 0) is 0 Å². The molecule has 0 bridgehead atoms. The van der Waals surface area contributed by atoms with E-state index in [9.17, 15) is 4.79 Å². The number of amides is 1. The summed E-state index contributed by atoms with van der Waals surface area (Å²) in [5, 5.41) is 6.07. The number of halogens is 1. The highest BCUT2D eigenvalue weighted by atomic mass is 79.9. The fraction of sp³-hybridized carbons (Fsp3) is 0.0526. The predicted molar refractivity (Wildman–Crippen MR) is 103 cm³/mol. The number of ether oxygens (including phenoxy) is 1. The molecule has 0 radical (unpaired) electrons. The van der Waals surface area contributed by atoms with Gasteiger partial charge in [-0.3, -0.25) is 9.78 Å². The third-order valence-corrected chi connectivity index (χ3v) is 4.01. The van der Waals surface area contributed by atoms with Gasteiger partial charge in [0.2, 0.25) is 0 Å². The van der Waals surface area contributed by atoms with E-state index in [-0.39, 0.29) is 5.91 Å². The van der Waals surface area contributed by atoms with Crippen LogP contribution in [0.3, 0.4) is 0 Å². The molecule has 1 aromatic heterocycles. The van der Waals surface area contributed by atoms with Crippen LogP contribution in [-0.4, -0.2) is 18.0 Å². The van der Waals surface area contributed by atoms with Crippen molar-refractivity contribution in [2.75, 3.05) is 17.7 Å². The second kappa shape index (κ2) is 7.81. The Hall–Kier alpha value is -2.86. The molecular formula is C19H16BrN3O2. The first-order valence-electron chi connectivity index (χ1n) is 7.57. The van der Waals surface area contributed by atoms with Gasteiger partial charge in [-0.15, -0.1) is 0 Å². The average Bonchev–Trinajstić information content (AvgIpc) is 2.64. The van der Waals surface area contributed by atoms with Crippen molar-refractivity contribution in [2.24, 2.45) is 0 Å². The molecule has 0 aliphatic rings. The van der Waals surface area contributed by atoms with Gasteiger partial charge < -0.3 is 15.4 Å². The Balaban J connectivity index is 1.71. The van der Waals surface area contributed by atoms with E-state index >= 15 is 0 Å². The summed E-state index contributed by atoms with van der Waals surface area (Å²) < 4.78 is 6.11. The fourth-order valence-corrected chi connectivity index (χ4v) is 2.47. The lowest BCUT2D eigenvalue weighted by atomic mass is 10.2. The Morgan fingerprint density at radius 3 is 2.32 bits per heavy atom. The zero-order valence-electron chi connectivity index (χ0n) is 13.5. The molecule has 5 nitrogen and oxygen atoms in total. The number of nitrogens with one attached hydrogen (secondary N) is 2. The van der Waals surface area contributed by atoms with Gasteiger partial charge in [0.05, 0.1) is 24.6 Å². The first kappa shape index (κ1) is 17.0. The third-order valence-electron chi connectivity index (χ3n) is 3.48. The van der Waals surface area contributed by atoms with E-state index in [1.807, 2.05) is 24.3 Å². The summed E-state index contributed by atoms with van der Waals surface area (Å²) >= 11 is 3.40. The Morgan fingerprint density at radius 2 is 1.64 bits per heavy atom. The van der Waals surface area contributed by atoms with Crippen molar-refractivity contribution >= 4 is 38.9 Å². The molecule has 0 spiro atoms. The van der Waals surface area contributed by atoms with Crippen LogP contribution in [0.25, 0.3) is 0 Å². The lowest BCUT2D eigenvalue weighted by Crippen LogP contribution is -2.12. The topological polar surface area (TPSA) is 63.2 Å². The van der Waals surface area contributed by atoms with Crippen LogP contribution in [0.4, 0.5) is 17.1 Å². The summed E-state index contributed by atoms with van der Waals surface area (Å²) in [5.74, 6) is 0.512. The Morgan fingerprint density at radius 1 is 0.960 bits per heavy atom. The number of rotatable bonds is 5. The Kier molecular flexibility index (Phi) is 5.30. The highest BCUT2D eigenvalue weighted by molar-refractivity contribution is 9.10. The minimum atomic E-state index is -0.225. The molecule has 0 aliphatic heterocycles. The normalized spacial score (nSPS) is 10.2. The molecule has 0 saturated carbocycles. The molecule has 1 heterocycles. The van der Waals surface area contributed by atoms with Crippen molar-refractivity contribution < 1.29 is 9.53 Å². The van der Waals surface area contributed by atoms with E-state index in [0.29, 0.717) is 11.3 Å². The first-order chi connectivity index (χ1) is 12.1. The minimum Gasteiger partial charge on any atom is -0.497 e. The maximum atomic E-state index is 12.4. The van der Waals surface area contributed by atoms with Crippen molar-refractivity contribution in [1.29, 1.82) is 0 Å². The van der Waals surface area contributed by atoms with Crippen LogP contribution in [0.15, 0.2) is 71.5 Å². The number of aromatic nitrogens is 1. The van der Waals surface area contributed by atoms with E-state index in [1.165, 1.54) is 6.20 Å². The SMILES string of the molecule is COc1ccc(NC(=O)c2cncc(Nc3ccc(Br)cc3)c2)cc1. The minimum absolute atomic E-state index is 0.225. The van der Waals surface area contributed by atoms with Gasteiger partial charge in [0.1, 0.15) is 5.75 Å². The third kappa shape index (κ3) is 4.58. The van der Waals surface area contributed by atoms with Crippen molar-refractivity contribution in [1.82, 2.24) is 4.98 Å². The molecule has 0 saturated heterocycles. The second-order valence-electron chi connectivity index (χ2n) is 5.28. The molecule has 2 aromatic carbocycles. The highest BCUT2D eigenvalue weighted by Crippen LogP contribution is 2.20. The maximum Gasteiger partial charge on any atom is 0.257 e. The fourth-order valence-electron chi connectivity index (χ4n) is 2.21. The number of anilines is 3. The van der Waals surface area contributed by atoms with E-state index in [0.717, 1.165) is 21.6 Å². The molecule has 1 amide bonds. The van der Waals surface area contributed by atoms with Crippen LogP contribution < -0.4 is 15.4 Å². The first-order valence-corrected chi connectivity index (χ1v) is 8.36. The molecule has 0 unspecified atom stereocenters. The summed E-state index contributed by atoms with van der Waals surface area (Å²) in [6, 6.07) is 16.7. The largest absolute Gasteiger partial charge is 0.497 e. The summed E-state index contributed by atoms with van der Waals surface area (Å²) in [4.78, 5) is 16.5. The molecule has 25 heavy (non-hydrogen) atoms. The van der Waals surface area contributed by atoms with Crippen molar-refractivity contribution in [2.45, 2.75) is 0 Å². The number of hydrogen-bond acceptors (Lipinski definition) is 4. The van der Waals surface area contributed by atoms with E-state index in [1.54, 1.807) is 43.6 Å². The monoisotopic (exact) mass is 397 g/mol. The molecular weight excluding hydrogens is 382 g/mol. The van der Waals surface area contributed by atoms with Crippen LogP contribution >= 0.6 is 15.9 Å². The van der Waals surface area contributed by atoms with Crippen LogP contribution in [0, 0.1) is 0 Å². The predicted octanol–water partition coefficient (Wildman–Crippen LogP) is 4.85. The molecule has 0 atom stereocenters. The van der Waals surface area contributed by atoms with E-state index in [2.05, 4.69) is 31.5 Å². The molecule has 3 rings (SSSR count). The Bertz CT molecular complexity index is 865. The summed E-state index contributed by atoms with van der Waals surface area (Å²) in [7, 11) is 1.60. The lowest BCUT2D eigenvalue weighted by Gasteiger charge is -2.09. The van der Waals surface area contributed by atoms with Gasteiger partial charge >= 0.3 is 0 Å². The highest BCUT2D eigenvalue weighted by Gasteiger charge is 2.08. The number of nitrogens with zero attached hydrogens (tertiary/aromatic N) is 1. The van der Waals surface area contributed by atoms with E-state index < -0.39 is 0 Å². The Labute approximate surface area is 154 Å². The van der Waals surface area contributed by atoms with Gasteiger partial charge in [0.25, 0.3) is 5.91 Å². The number of methoxy groups -OCH3 is 1. The summed E-state index contributed by atoms with van der Waals surface area (Å²) in [6.45, 7) is 0. The maximum absolute atomic E-state index is 12.4. The van der Waals surface area contributed by atoms with Gasteiger partial charge in [0, 0.05) is 22.0 Å². The smallest absolute Gasteiger partial charge is 0.257 e. The number of carbonyl (C=O) groups is 1. The number of carbonyl (C=O) groups excluding carboxylic acids is 1. The van der Waals surface area contributed by atoms with Crippen molar-refractivity contribution in [3.8, 4) is 5.75 Å². The zero-order valence-corrected chi connectivity index (χ0v) is 15.1. The van der Waals surface area contributed by atoms with Gasteiger partial charge in [-0.05, 0) is 54.6 Å². The summed E-state index contributed by atoms with van der Waals surface area (Å²) in [6.07, 6.45) is 3.21. The molecule has 0 aliphatic carbocycles. The zero-order chi connectivity index (χ0) is 17.6. The number of hydrogen-bond donors (Lipinski definition) is 2. The van der Waals surface area contributed by atoms with Crippen LogP contribution in [0.2, 0.25) is 0 Å².